The van der Waals surface area contributed by atoms with E-state index < -0.39 is 15.6 Å². The lowest BCUT2D eigenvalue weighted by atomic mass is 10.0. The molecule has 0 aliphatic heterocycles. The average molecular weight is 266 g/mol. The molecule has 0 aromatic carbocycles. The lowest BCUT2D eigenvalue weighted by Crippen LogP contribution is -2.42. The zero-order valence-electron chi connectivity index (χ0n) is 9.78. The first-order valence-electron chi connectivity index (χ1n) is 4.90. The van der Waals surface area contributed by atoms with Crippen LogP contribution in [0.5, 0.6) is 0 Å². The van der Waals surface area contributed by atoms with Crippen LogP contribution >= 0.6 is 11.6 Å². The second kappa shape index (κ2) is 4.35. The van der Waals surface area contributed by atoms with Crippen LogP contribution in [0.15, 0.2) is 11.4 Å². The third-order valence-corrected chi connectivity index (χ3v) is 4.57. The van der Waals surface area contributed by atoms with Crippen LogP contribution in [0.25, 0.3) is 0 Å². The maximum absolute atomic E-state index is 12.0. The van der Waals surface area contributed by atoms with Gasteiger partial charge in [-0.25, -0.2) is 18.1 Å². The third-order valence-electron chi connectivity index (χ3n) is 2.38. The quantitative estimate of drug-likeness (QED) is 0.898. The Morgan fingerprint density at radius 2 is 2.12 bits per heavy atom. The summed E-state index contributed by atoms with van der Waals surface area (Å²) in [5.74, 6) is 0. The summed E-state index contributed by atoms with van der Waals surface area (Å²) in [5, 5.41) is -0.0161. The number of hydrogen-bond donors (Lipinski definition) is 1. The van der Waals surface area contributed by atoms with Gasteiger partial charge in [0.2, 0.25) is 5.03 Å². The number of sulfonamides is 1. The van der Waals surface area contributed by atoms with Gasteiger partial charge in [-0.15, -0.1) is 0 Å². The molecule has 0 bridgehead atoms. The van der Waals surface area contributed by atoms with Crippen molar-refractivity contribution in [3.8, 4) is 0 Å². The molecule has 0 fully saturated rings. The molecule has 7 heteroatoms. The van der Waals surface area contributed by atoms with Crippen LogP contribution in [-0.2, 0) is 17.1 Å². The van der Waals surface area contributed by atoms with E-state index in [1.807, 2.05) is 6.92 Å². The molecule has 0 radical (unpaired) electrons. The van der Waals surface area contributed by atoms with E-state index in [1.165, 1.54) is 10.9 Å². The van der Waals surface area contributed by atoms with Crippen LogP contribution in [0.4, 0.5) is 0 Å². The number of rotatable bonds is 4. The van der Waals surface area contributed by atoms with Gasteiger partial charge in [0.15, 0.2) is 0 Å². The fraction of sp³-hybridized carbons (Fsp3) is 0.667. The number of aromatic nitrogens is 2. The number of nitrogens with zero attached hydrogens (tertiary/aromatic N) is 2. The Balaban J connectivity index is 3.09. The van der Waals surface area contributed by atoms with Crippen molar-refractivity contribution in [3.63, 3.8) is 0 Å². The molecule has 0 aliphatic rings. The first kappa shape index (κ1) is 13.5. The van der Waals surface area contributed by atoms with E-state index in [2.05, 4.69) is 9.71 Å². The minimum atomic E-state index is -3.65. The number of halogens is 1. The zero-order valence-corrected chi connectivity index (χ0v) is 11.4. The molecule has 92 valence electrons. The number of aryl methyl sites for hydroxylation is 1. The number of imidazole rings is 1. The second-order valence-corrected chi connectivity index (χ2v) is 6.25. The summed E-state index contributed by atoms with van der Waals surface area (Å²) in [7, 11) is -2.02. The van der Waals surface area contributed by atoms with Crippen LogP contribution in [0.2, 0.25) is 5.15 Å². The van der Waals surface area contributed by atoms with Crippen molar-refractivity contribution in [1.82, 2.24) is 14.3 Å². The SMILES string of the molecule is CCC(C)(C)NS(=O)(=O)c1ncn(C)c1Cl. The summed E-state index contributed by atoms with van der Waals surface area (Å²) < 4.78 is 28.0. The molecule has 1 rings (SSSR count). The predicted octanol–water partition coefficient (Wildman–Crippen LogP) is 1.54. The Morgan fingerprint density at radius 3 is 2.50 bits per heavy atom. The second-order valence-electron chi connectivity index (χ2n) is 4.29. The summed E-state index contributed by atoms with van der Waals surface area (Å²) in [6.45, 7) is 5.52. The maximum atomic E-state index is 12.0. The highest BCUT2D eigenvalue weighted by Gasteiger charge is 2.28. The van der Waals surface area contributed by atoms with Crippen molar-refractivity contribution in [2.75, 3.05) is 0 Å². The van der Waals surface area contributed by atoms with E-state index >= 15 is 0 Å². The largest absolute Gasteiger partial charge is 0.324 e. The summed E-state index contributed by atoms with van der Waals surface area (Å²) >= 11 is 5.85. The fourth-order valence-electron chi connectivity index (χ4n) is 1.06. The Labute approximate surface area is 101 Å². The topological polar surface area (TPSA) is 64.0 Å². The van der Waals surface area contributed by atoms with Gasteiger partial charge in [-0.05, 0) is 20.3 Å². The Kier molecular flexibility index (Phi) is 3.66. The third kappa shape index (κ3) is 2.75. The summed E-state index contributed by atoms with van der Waals surface area (Å²) in [5.41, 5.74) is -0.514. The van der Waals surface area contributed by atoms with E-state index in [9.17, 15) is 8.42 Å². The highest BCUT2D eigenvalue weighted by atomic mass is 35.5. The molecular weight excluding hydrogens is 250 g/mol. The summed E-state index contributed by atoms with van der Waals surface area (Å²) in [6, 6.07) is 0. The van der Waals surface area contributed by atoms with Gasteiger partial charge in [-0.1, -0.05) is 18.5 Å². The van der Waals surface area contributed by atoms with E-state index in [4.69, 9.17) is 11.6 Å². The van der Waals surface area contributed by atoms with E-state index in [-0.39, 0.29) is 10.2 Å². The molecule has 0 aliphatic carbocycles. The lowest BCUT2D eigenvalue weighted by molar-refractivity contribution is 0.438. The summed E-state index contributed by atoms with van der Waals surface area (Å²) in [4.78, 5) is 3.79. The normalized spacial score (nSPS) is 13.1. The first-order chi connectivity index (χ1) is 7.19. The van der Waals surface area contributed by atoms with Crippen molar-refractivity contribution >= 4 is 21.6 Å². The average Bonchev–Trinajstić information content (AvgIpc) is 2.46. The molecule has 1 aromatic heterocycles. The van der Waals surface area contributed by atoms with Gasteiger partial charge in [-0.3, -0.25) is 0 Å². The van der Waals surface area contributed by atoms with E-state index in [0.717, 1.165) is 0 Å². The summed E-state index contributed by atoms with van der Waals surface area (Å²) in [6.07, 6.45) is 2.05. The monoisotopic (exact) mass is 265 g/mol. The molecular formula is C9H16ClN3O2S. The van der Waals surface area contributed by atoms with Crippen LogP contribution < -0.4 is 4.72 Å². The van der Waals surface area contributed by atoms with Gasteiger partial charge in [0.05, 0.1) is 6.33 Å². The van der Waals surface area contributed by atoms with Crippen LogP contribution in [0, 0.1) is 0 Å². The first-order valence-corrected chi connectivity index (χ1v) is 6.76. The number of hydrogen-bond acceptors (Lipinski definition) is 3. The molecule has 0 saturated heterocycles. The van der Waals surface area contributed by atoms with Crippen molar-refractivity contribution in [1.29, 1.82) is 0 Å². The minimum Gasteiger partial charge on any atom is -0.324 e. The molecule has 1 heterocycles. The minimum absolute atomic E-state index is 0.111. The van der Waals surface area contributed by atoms with Gasteiger partial charge in [0.25, 0.3) is 10.0 Å². The lowest BCUT2D eigenvalue weighted by Gasteiger charge is -2.23. The van der Waals surface area contributed by atoms with Gasteiger partial charge >= 0.3 is 0 Å². The molecule has 5 nitrogen and oxygen atoms in total. The van der Waals surface area contributed by atoms with Crippen molar-refractivity contribution in [3.05, 3.63) is 11.5 Å². The smallest absolute Gasteiger partial charge is 0.261 e. The fourth-order valence-corrected chi connectivity index (χ4v) is 2.98. The van der Waals surface area contributed by atoms with Crippen LogP contribution in [-0.4, -0.2) is 23.5 Å². The van der Waals surface area contributed by atoms with Crippen LogP contribution in [0.1, 0.15) is 27.2 Å². The molecule has 0 unspecified atom stereocenters. The Hall–Kier alpha value is -0.590. The van der Waals surface area contributed by atoms with E-state index in [0.29, 0.717) is 6.42 Å². The Morgan fingerprint density at radius 1 is 1.56 bits per heavy atom. The van der Waals surface area contributed by atoms with Gasteiger partial charge in [0.1, 0.15) is 5.15 Å². The van der Waals surface area contributed by atoms with Crippen molar-refractivity contribution in [2.45, 2.75) is 37.8 Å². The molecule has 0 amide bonds. The van der Waals surface area contributed by atoms with Gasteiger partial charge in [0, 0.05) is 12.6 Å². The number of nitrogens with one attached hydrogen (secondary N) is 1. The Bertz CT molecular complexity index is 479. The molecule has 1 N–H and O–H groups in total. The highest BCUT2D eigenvalue weighted by molar-refractivity contribution is 7.89. The van der Waals surface area contributed by atoms with Crippen molar-refractivity contribution in [2.24, 2.45) is 7.05 Å². The van der Waals surface area contributed by atoms with Crippen molar-refractivity contribution < 1.29 is 8.42 Å². The predicted molar refractivity (Wildman–Crippen MR) is 62.9 cm³/mol. The zero-order chi connectivity index (χ0) is 12.6. The molecule has 1 aromatic rings. The van der Waals surface area contributed by atoms with Crippen LogP contribution in [0.3, 0.4) is 0 Å². The van der Waals surface area contributed by atoms with Gasteiger partial charge in [-0.2, -0.15) is 0 Å². The maximum Gasteiger partial charge on any atom is 0.261 e. The molecule has 0 saturated carbocycles. The molecule has 16 heavy (non-hydrogen) atoms. The van der Waals surface area contributed by atoms with Gasteiger partial charge < -0.3 is 4.57 Å². The molecule has 0 spiro atoms. The molecule has 0 atom stereocenters. The van der Waals surface area contributed by atoms with E-state index in [1.54, 1.807) is 20.9 Å². The standard InChI is InChI=1S/C9H16ClN3O2S/c1-5-9(2,3)12-16(14,15)8-7(10)13(4)6-11-8/h6,12H,5H2,1-4H3. The highest BCUT2D eigenvalue weighted by Crippen LogP contribution is 2.20.